The maximum Gasteiger partial charge on any atom is 0.138 e. The zero-order valence-electron chi connectivity index (χ0n) is 16.6. The number of rotatable bonds is 3. The molecule has 3 N–H and O–H groups in total. The number of nitrogens with one attached hydrogen (secondary N) is 1. The molecule has 2 aliphatic rings. The maximum absolute atomic E-state index is 10.8. The molecule has 6 heteroatoms. The lowest BCUT2D eigenvalue weighted by atomic mass is 9.85. The number of nitriles is 3. The first-order chi connectivity index (χ1) is 15.5. The molecule has 1 aromatic carbocycles. The van der Waals surface area contributed by atoms with Gasteiger partial charge in [-0.3, -0.25) is 5.41 Å². The van der Waals surface area contributed by atoms with Crippen molar-refractivity contribution in [3.8, 4) is 41.5 Å². The topological polar surface area (TPSA) is 136 Å². The number of benzene rings is 1. The third-order valence-electron chi connectivity index (χ3n) is 4.67. The molecule has 6 nitrogen and oxygen atoms in total. The van der Waals surface area contributed by atoms with Gasteiger partial charge in [-0.15, -0.1) is 0 Å². The van der Waals surface area contributed by atoms with Gasteiger partial charge in [0, 0.05) is 22.3 Å². The van der Waals surface area contributed by atoms with Gasteiger partial charge in [-0.2, -0.15) is 15.8 Å². The Labute approximate surface area is 184 Å². The zero-order valence-corrected chi connectivity index (χ0v) is 16.6. The smallest absolute Gasteiger partial charge is 0.138 e. The molecule has 1 aromatic rings. The van der Waals surface area contributed by atoms with Gasteiger partial charge in [-0.05, 0) is 30.0 Å². The highest BCUT2D eigenvalue weighted by Crippen LogP contribution is 2.41. The van der Waals surface area contributed by atoms with Gasteiger partial charge in [-0.1, -0.05) is 54.4 Å². The molecule has 0 amide bonds. The molecule has 0 aromatic heterocycles. The number of phenols is 2. The third kappa shape index (κ3) is 4.18. The van der Waals surface area contributed by atoms with E-state index in [0.717, 1.165) is 5.57 Å². The highest BCUT2D eigenvalue weighted by atomic mass is 16.3. The van der Waals surface area contributed by atoms with Crippen LogP contribution in [0.25, 0.3) is 5.57 Å². The van der Waals surface area contributed by atoms with Crippen LogP contribution in [0.2, 0.25) is 0 Å². The molecule has 0 saturated carbocycles. The van der Waals surface area contributed by atoms with Crippen LogP contribution in [0.4, 0.5) is 0 Å². The summed E-state index contributed by atoms with van der Waals surface area (Å²) >= 11 is 0. The number of aromatic hydroxyl groups is 2. The van der Waals surface area contributed by atoms with Crippen LogP contribution >= 0.6 is 0 Å². The molecule has 150 valence electrons. The summed E-state index contributed by atoms with van der Waals surface area (Å²) < 4.78 is 0. The third-order valence-corrected chi connectivity index (χ3v) is 4.67. The lowest BCUT2D eigenvalue weighted by Crippen LogP contribution is -2.01. The van der Waals surface area contributed by atoms with Crippen molar-refractivity contribution in [3.63, 3.8) is 0 Å². The Balaban J connectivity index is 2.28. The van der Waals surface area contributed by atoms with Crippen molar-refractivity contribution in [2.24, 2.45) is 0 Å². The predicted molar refractivity (Wildman–Crippen MR) is 119 cm³/mol. The minimum atomic E-state index is -0.403. The van der Waals surface area contributed by atoms with Gasteiger partial charge in [0.1, 0.15) is 40.9 Å². The van der Waals surface area contributed by atoms with Crippen molar-refractivity contribution < 1.29 is 10.2 Å². The minimum Gasteiger partial charge on any atom is -0.507 e. The quantitative estimate of drug-likeness (QED) is 0.294. The van der Waals surface area contributed by atoms with Crippen LogP contribution in [0.1, 0.15) is 17.5 Å². The lowest BCUT2D eigenvalue weighted by Gasteiger charge is -2.15. The molecular weight excluding hydrogens is 400 g/mol. The summed E-state index contributed by atoms with van der Waals surface area (Å²) in [6, 6.07) is 7.80. The standard InChI is InChI=1S/C26H14N4O2/c27-13-20(14-28)25(18-7-3-4-8-18)26(21(15-29)16-30)22-12-23(31)19(11-24(22)32)10-9-17-5-1-2-6-17/h1-5,7-8,11-12,27,31-32H,6H2. The van der Waals surface area contributed by atoms with Gasteiger partial charge in [-0.25, -0.2) is 0 Å². The average Bonchev–Trinajstić information content (AvgIpc) is 3.51. The molecule has 0 saturated heterocycles. The van der Waals surface area contributed by atoms with Crippen LogP contribution in [0.5, 0.6) is 11.5 Å². The van der Waals surface area contributed by atoms with Crippen molar-refractivity contribution in [2.45, 2.75) is 6.42 Å². The Bertz CT molecular complexity index is 1410. The van der Waals surface area contributed by atoms with Crippen molar-refractivity contribution in [1.82, 2.24) is 0 Å². The van der Waals surface area contributed by atoms with E-state index < -0.39 is 5.57 Å². The van der Waals surface area contributed by atoms with E-state index in [1.807, 2.05) is 30.2 Å². The van der Waals surface area contributed by atoms with Gasteiger partial charge >= 0.3 is 0 Å². The number of nitrogens with zero attached hydrogens (tertiary/aromatic N) is 3. The number of allylic oxidation sites excluding steroid dienone is 13. The van der Waals surface area contributed by atoms with E-state index in [1.165, 1.54) is 12.1 Å². The van der Waals surface area contributed by atoms with Crippen LogP contribution in [0.15, 0.2) is 82.5 Å². The first-order valence-electron chi connectivity index (χ1n) is 9.32. The molecule has 0 spiro atoms. The van der Waals surface area contributed by atoms with E-state index in [1.54, 1.807) is 36.4 Å². The summed E-state index contributed by atoms with van der Waals surface area (Å²) in [7, 11) is 0. The second kappa shape index (κ2) is 9.49. The number of hydrogen-bond acceptors (Lipinski definition) is 6. The van der Waals surface area contributed by atoms with Crippen LogP contribution in [-0.4, -0.2) is 16.1 Å². The SMILES string of the molecule is N#CC(=C=N)C(=C1C=CC=C1)C(=C(C#N)C#N)c1cc(O)c(C#CC2=CC=CC2)cc1O. The minimum absolute atomic E-state index is 0.0490. The Hall–Kier alpha value is -5.26. The van der Waals surface area contributed by atoms with Gasteiger partial charge in [0.15, 0.2) is 0 Å². The summed E-state index contributed by atoms with van der Waals surface area (Å²) in [6.07, 6.45) is 13.0. The molecule has 0 unspecified atom stereocenters. The van der Waals surface area contributed by atoms with Crippen LogP contribution < -0.4 is 0 Å². The molecule has 0 fully saturated rings. The molecule has 0 aliphatic heterocycles. The predicted octanol–water partition coefficient (Wildman–Crippen LogP) is 4.26. The van der Waals surface area contributed by atoms with Gasteiger partial charge in [0.25, 0.3) is 0 Å². The summed E-state index contributed by atoms with van der Waals surface area (Å²) in [5, 5.41) is 57.5. The Kier molecular flexibility index (Phi) is 6.36. The number of hydrogen-bond donors (Lipinski definition) is 3. The Morgan fingerprint density at radius 1 is 0.906 bits per heavy atom. The maximum atomic E-state index is 10.8. The molecule has 3 rings (SSSR count). The van der Waals surface area contributed by atoms with Gasteiger partial charge in [0.05, 0.1) is 5.56 Å². The second-order valence-corrected chi connectivity index (χ2v) is 6.59. The second-order valence-electron chi connectivity index (χ2n) is 6.59. The molecule has 0 radical (unpaired) electrons. The van der Waals surface area contributed by atoms with E-state index in [4.69, 9.17) is 5.41 Å². The highest BCUT2D eigenvalue weighted by Gasteiger charge is 2.25. The van der Waals surface area contributed by atoms with E-state index in [-0.39, 0.29) is 39.3 Å². The fraction of sp³-hybridized carbons (Fsp3) is 0.0385. The van der Waals surface area contributed by atoms with E-state index in [9.17, 15) is 26.0 Å². The molecule has 0 atom stereocenters. The first-order valence-corrected chi connectivity index (χ1v) is 9.32. The molecular formula is C26H14N4O2. The van der Waals surface area contributed by atoms with E-state index >= 15 is 0 Å². The molecule has 2 aliphatic carbocycles. The van der Waals surface area contributed by atoms with Crippen LogP contribution in [0, 0.1) is 51.2 Å². The summed E-state index contributed by atoms with van der Waals surface area (Å²) in [6.45, 7) is 0. The van der Waals surface area contributed by atoms with Gasteiger partial charge in [0.2, 0.25) is 0 Å². The Morgan fingerprint density at radius 2 is 1.62 bits per heavy atom. The average molecular weight is 414 g/mol. The highest BCUT2D eigenvalue weighted by molar-refractivity contribution is 5.97. The zero-order chi connectivity index (χ0) is 23.1. The molecule has 32 heavy (non-hydrogen) atoms. The first kappa shape index (κ1) is 21.4. The molecule has 0 bridgehead atoms. The van der Waals surface area contributed by atoms with Gasteiger partial charge < -0.3 is 10.2 Å². The fourth-order valence-electron chi connectivity index (χ4n) is 3.20. The largest absolute Gasteiger partial charge is 0.507 e. The summed E-state index contributed by atoms with van der Waals surface area (Å²) in [4.78, 5) is 0. The van der Waals surface area contributed by atoms with Crippen molar-refractivity contribution in [2.75, 3.05) is 0 Å². The van der Waals surface area contributed by atoms with Crippen LogP contribution in [0.3, 0.4) is 0 Å². The summed E-state index contributed by atoms with van der Waals surface area (Å²) in [5.41, 5.74) is 0.749. The molecule has 0 heterocycles. The van der Waals surface area contributed by atoms with E-state index in [0.29, 0.717) is 12.0 Å². The van der Waals surface area contributed by atoms with Crippen molar-refractivity contribution in [1.29, 1.82) is 21.2 Å². The summed E-state index contributed by atoms with van der Waals surface area (Å²) in [5.74, 6) is 7.12. The van der Waals surface area contributed by atoms with Crippen molar-refractivity contribution in [3.05, 3.63) is 93.7 Å². The Morgan fingerprint density at radius 3 is 2.19 bits per heavy atom. The fourth-order valence-corrected chi connectivity index (χ4v) is 3.20. The van der Waals surface area contributed by atoms with E-state index in [2.05, 4.69) is 11.8 Å². The number of phenolic OH excluding ortho intramolecular Hbond substituents is 2. The normalized spacial score (nSPS) is 12.5. The van der Waals surface area contributed by atoms with Crippen LogP contribution in [-0.2, 0) is 0 Å². The monoisotopic (exact) mass is 414 g/mol. The van der Waals surface area contributed by atoms with Crippen molar-refractivity contribution >= 4 is 11.4 Å². The lowest BCUT2D eigenvalue weighted by molar-refractivity contribution is 0.457.